The van der Waals surface area contributed by atoms with E-state index < -0.39 is 0 Å². The van der Waals surface area contributed by atoms with E-state index in [9.17, 15) is 4.39 Å². The Morgan fingerprint density at radius 3 is 2.85 bits per heavy atom. The van der Waals surface area contributed by atoms with Gasteiger partial charge in [-0.3, -0.25) is 4.39 Å². The Labute approximate surface area is 94.7 Å². The molecule has 0 unspecified atom stereocenters. The molecule has 0 aliphatic heterocycles. The summed E-state index contributed by atoms with van der Waals surface area (Å²) in [5.74, 6) is -0.0356. The zero-order valence-corrected chi connectivity index (χ0v) is 12.1. The Morgan fingerprint density at radius 1 is 1.62 bits per heavy atom. The molecular formula is C9H10BrFOZn. The van der Waals surface area contributed by atoms with Crippen molar-refractivity contribution in [1.29, 1.82) is 0 Å². The van der Waals surface area contributed by atoms with Crippen molar-refractivity contribution in [3.8, 4) is 5.75 Å². The van der Waals surface area contributed by atoms with E-state index in [4.69, 9.17) is 4.74 Å². The summed E-state index contributed by atoms with van der Waals surface area (Å²) in [5, 5.41) is 0. The molecule has 0 bridgehead atoms. The van der Waals surface area contributed by atoms with Crippen LogP contribution in [0.5, 0.6) is 5.75 Å². The van der Waals surface area contributed by atoms with Gasteiger partial charge in [0, 0.05) is 11.6 Å². The van der Waals surface area contributed by atoms with Crippen LogP contribution in [0.4, 0.5) is 4.39 Å². The van der Waals surface area contributed by atoms with Gasteiger partial charge in [0.1, 0.15) is 0 Å². The molecule has 0 aromatic heterocycles. The third-order valence-electron chi connectivity index (χ3n) is 1.24. The molecule has 0 fully saturated rings. The molecule has 0 atom stereocenters. The van der Waals surface area contributed by atoms with Crippen molar-refractivity contribution in [1.82, 2.24) is 0 Å². The summed E-state index contributed by atoms with van der Waals surface area (Å²) < 4.78 is 17.8. The van der Waals surface area contributed by atoms with Crippen LogP contribution in [-0.2, 0) is 16.3 Å². The fraction of sp³-hybridized carbons (Fsp3) is 0.333. The summed E-state index contributed by atoms with van der Waals surface area (Å²) in [5.41, 5.74) is 0. The maximum absolute atomic E-state index is 12.8. The number of rotatable bonds is 3. The van der Waals surface area contributed by atoms with Gasteiger partial charge in [0.2, 0.25) is 0 Å². The van der Waals surface area contributed by atoms with E-state index in [-0.39, 0.29) is 5.82 Å². The van der Waals surface area contributed by atoms with E-state index in [1.165, 1.54) is 22.4 Å². The van der Waals surface area contributed by atoms with Crippen LogP contribution >= 0.6 is 13.6 Å². The quantitative estimate of drug-likeness (QED) is 0.615. The van der Waals surface area contributed by atoms with Crippen molar-refractivity contribution in [3.63, 3.8) is 0 Å². The topological polar surface area (TPSA) is 9.23 Å². The van der Waals surface area contributed by atoms with E-state index in [2.05, 4.69) is 19.7 Å². The average molecular weight is 298 g/mol. The third kappa shape index (κ3) is 5.38. The summed E-state index contributed by atoms with van der Waals surface area (Å²) >= 11 is 4.25. The van der Waals surface area contributed by atoms with Gasteiger partial charge in [-0.1, -0.05) is 6.92 Å². The molecule has 0 aliphatic carbocycles. The molecule has 4 heteroatoms. The second-order valence-corrected chi connectivity index (χ2v) is 2.20. The Bertz CT molecular complexity index is 233. The van der Waals surface area contributed by atoms with Crippen LogP contribution in [0.1, 0.15) is 13.3 Å². The number of halogens is 2. The number of hydrogen-bond donors (Lipinski definition) is 0. The van der Waals surface area contributed by atoms with E-state index in [1.54, 1.807) is 12.1 Å². The first-order chi connectivity index (χ1) is 6.34. The fourth-order valence-corrected chi connectivity index (χ4v) is 0.725. The van der Waals surface area contributed by atoms with Crippen LogP contribution < -0.4 is 4.74 Å². The Balaban J connectivity index is 0.000000671. The van der Waals surface area contributed by atoms with Crippen LogP contribution in [-0.4, -0.2) is 6.61 Å². The molecule has 68 valence electrons. The zero-order valence-electron chi connectivity index (χ0n) is 7.52. The molecule has 0 radical (unpaired) electrons. The van der Waals surface area contributed by atoms with E-state index in [0.29, 0.717) is 12.4 Å². The zero-order chi connectivity index (χ0) is 10.1. The van der Waals surface area contributed by atoms with Gasteiger partial charge < -0.3 is 4.74 Å². The molecule has 0 N–H and O–H groups in total. The van der Waals surface area contributed by atoms with E-state index in [1.807, 2.05) is 6.92 Å². The summed E-state index contributed by atoms with van der Waals surface area (Å²) in [6, 6.07) is 7.10. The monoisotopic (exact) mass is 296 g/mol. The average Bonchev–Trinajstić information content (AvgIpc) is 2.20. The molecule has 1 aromatic rings. The molecule has 1 nitrogen and oxygen atoms in total. The minimum atomic E-state index is -0.346. The number of hydrogen-bond acceptors (Lipinski definition) is 1. The predicted octanol–water partition coefficient (Wildman–Crippen LogP) is 3.26. The van der Waals surface area contributed by atoms with Crippen LogP contribution in [0.15, 0.2) is 18.2 Å². The molecule has 13 heavy (non-hydrogen) atoms. The van der Waals surface area contributed by atoms with Gasteiger partial charge in [-0.05, 0) is 6.42 Å². The summed E-state index contributed by atoms with van der Waals surface area (Å²) in [6.45, 7) is 2.54. The molecule has 0 saturated carbocycles. The SMILES string of the molecule is CCCOc1cc[c-]cc1F.[Zn+][Br]. The van der Waals surface area contributed by atoms with Crippen molar-refractivity contribution < 1.29 is 25.5 Å². The first-order valence-corrected chi connectivity index (χ1v) is 10.8. The van der Waals surface area contributed by atoms with Crippen molar-refractivity contribution in [3.05, 3.63) is 30.1 Å². The summed E-state index contributed by atoms with van der Waals surface area (Å²) in [4.78, 5) is 0. The van der Waals surface area contributed by atoms with Gasteiger partial charge in [0.25, 0.3) is 0 Å². The van der Waals surface area contributed by atoms with Crippen LogP contribution in [0, 0.1) is 11.9 Å². The molecule has 0 saturated heterocycles. The summed E-state index contributed by atoms with van der Waals surface area (Å²) in [7, 11) is 0. The predicted molar refractivity (Wildman–Crippen MR) is 49.9 cm³/mol. The summed E-state index contributed by atoms with van der Waals surface area (Å²) in [6.07, 6.45) is 0.887. The van der Waals surface area contributed by atoms with Crippen LogP contribution in [0.2, 0.25) is 0 Å². The van der Waals surface area contributed by atoms with E-state index >= 15 is 0 Å². The van der Waals surface area contributed by atoms with Crippen molar-refractivity contribution >= 4 is 13.6 Å². The Morgan fingerprint density at radius 2 is 2.31 bits per heavy atom. The second-order valence-electron chi connectivity index (χ2n) is 2.20. The molecule has 0 spiro atoms. The second kappa shape index (κ2) is 8.64. The minimum absolute atomic E-state index is 0.311. The molecule has 0 aliphatic rings. The van der Waals surface area contributed by atoms with Crippen LogP contribution in [0.25, 0.3) is 0 Å². The molecular weight excluding hydrogens is 288 g/mol. The van der Waals surface area contributed by atoms with Crippen LogP contribution in [0.3, 0.4) is 0 Å². The van der Waals surface area contributed by atoms with Crippen molar-refractivity contribution in [2.24, 2.45) is 0 Å². The maximum atomic E-state index is 12.8. The van der Waals surface area contributed by atoms with Crippen molar-refractivity contribution in [2.45, 2.75) is 13.3 Å². The third-order valence-corrected chi connectivity index (χ3v) is 1.24. The normalized spacial score (nSPS) is 8.69. The molecule has 1 aromatic carbocycles. The number of benzene rings is 1. The van der Waals surface area contributed by atoms with Gasteiger partial charge >= 0.3 is 30.0 Å². The fourth-order valence-electron chi connectivity index (χ4n) is 0.725. The van der Waals surface area contributed by atoms with Gasteiger partial charge in [-0.25, -0.2) is 0 Å². The Kier molecular flexibility index (Phi) is 8.68. The van der Waals surface area contributed by atoms with Crippen molar-refractivity contribution in [2.75, 3.05) is 6.61 Å². The first kappa shape index (κ1) is 13.1. The standard InChI is InChI=1S/C9H10FO.BrH.Zn/c1-2-7-11-9-6-4-3-5-8(9)10;;/h4-6H,2,7H2,1H3;1H;/q-1;;+2/p-1. The van der Waals surface area contributed by atoms with E-state index in [0.717, 1.165) is 6.42 Å². The first-order valence-electron chi connectivity index (χ1n) is 3.89. The molecule has 1 rings (SSSR count). The molecule has 0 amide bonds. The van der Waals surface area contributed by atoms with Gasteiger partial charge in [-0.15, -0.1) is 12.1 Å². The van der Waals surface area contributed by atoms with Gasteiger partial charge in [0.15, 0.2) is 0 Å². The Hall–Kier alpha value is 0.0534. The van der Waals surface area contributed by atoms with Gasteiger partial charge in [0.05, 0.1) is 6.61 Å². The van der Waals surface area contributed by atoms with Gasteiger partial charge in [-0.2, -0.15) is 12.1 Å². The number of ether oxygens (including phenoxy) is 1. The molecule has 0 heterocycles.